The van der Waals surface area contributed by atoms with Crippen molar-refractivity contribution in [2.45, 2.75) is 9.07 Å². The molecular weight excluding hydrogens is 388 g/mol. The standard InChI is InChI=1S/C10H5Br3N2/c11-3-6-1-8(5-15)9(10(12)13)2-7(6)4-14/h1-2,10H,3H2. The molecule has 15 heavy (non-hydrogen) atoms. The van der Waals surface area contributed by atoms with E-state index in [1.807, 2.05) is 0 Å². The van der Waals surface area contributed by atoms with Gasteiger partial charge < -0.3 is 0 Å². The summed E-state index contributed by atoms with van der Waals surface area (Å²) < 4.78 is -0.115. The Bertz CT molecular complexity index is 455. The predicted octanol–water partition coefficient (Wildman–Crippen LogP) is 4.11. The second kappa shape index (κ2) is 5.65. The lowest BCUT2D eigenvalue weighted by atomic mass is 10.0. The summed E-state index contributed by atoms with van der Waals surface area (Å²) in [6, 6.07) is 7.68. The first-order chi connectivity index (χ1) is 7.13. The Morgan fingerprint density at radius 2 is 1.73 bits per heavy atom. The third kappa shape index (κ3) is 2.81. The lowest BCUT2D eigenvalue weighted by Gasteiger charge is -2.08. The highest BCUT2D eigenvalue weighted by atomic mass is 79.9. The molecule has 0 atom stereocenters. The minimum Gasteiger partial charge on any atom is -0.192 e. The number of alkyl halides is 3. The Balaban J connectivity index is 3.44. The zero-order chi connectivity index (χ0) is 11.4. The van der Waals surface area contributed by atoms with Crippen LogP contribution in [0.1, 0.15) is 26.0 Å². The summed E-state index contributed by atoms with van der Waals surface area (Å²) in [6.07, 6.45) is 0. The summed E-state index contributed by atoms with van der Waals surface area (Å²) in [6.45, 7) is 0. The third-order valence-corrected chi connectivity index (χ3v) is 3.49. The molecule has 0 aliphatic rings. The molecule has 1 aromatic carbocycles. The van der Waals surface area contributed by atoms with Crippen LogP contribution in [0.3, 0.4) is 0 Å². The summed E-state index contributed by atoms with van der Waals surface area (Å²) >= 11 is 9.95. The number of rotatable bonds is 2. The van der Waals surface area contributed by atoms with Crippen LogP contribution < -0.4 is 0 Å². The van der Waals surface area contributed by atoms with Crippen molar-refractivity contribution < 1.29 is 0 Å². The van der Waals surface area contributed by atoms with Gasteiger partial charge in [-0.05, 0) is 23.3 Å². The number of hydrogen-bond donors (Lipinski definition) is 0. The van der Waals surface area contributed by atoms with Gasteiger partial charge in [-0.25, -0.2) is 0 Å². The largest absolute Gasteiger partial charge is 0.192 e. The molecule has 0 amide bonds. The molecule has 0 heterocycles. The van der Waals surface area contributed by atoms with E-state index in [2.05, 4.69) is 59.9 Å². The van der Waals surface area contributed by atoms with Crippen LogP contribution in [0.15, 0.2) is 12.1 Å². The number of nitrogens with zero attached hydrogens (tertiary/aromatic N) is 2. The first-order valence-corrected chi connectivity index (χ1v) is 6.90. The number of nitriles is 2. The van der Waals surface area contributed by atoms with Crippen molar-refractivity contribution in [1.29, 1.82) is 10.5 Å². The molecule has 76 valence electrons. The van der Waals surface area contributed by atoms with E-state index >= 15 is 0 Å². The summed E-state index contributed by atoms with van der Waals surface area (Å²) in [5, 5.41) is 18.5. The minimum absolute atomic E-state index is 0.115. The monoisotopic (exact) mass is 390 g/mol. The van der Waals surface area contributed by atoms with E-state index in [4.69, 9.17) is 10.5 Å². The van der Waals surface area contributed by atoms with Crippen LogP contribution in [0.4, 0.5) is 0 Å². The fraction of sp³-hybridized carbons (Fsp3) is 0.200. The molecule has 2 nitrogen and oxygen atoms in total. The zero-order valence-electron chi connectivity index (χ0n) is 7.47. The maximum absolute atomic E-state index is 8.96. The van der Waals surface area contributed by atoms with Crippen LogP contribution in [0.25, 0.3) is 0 Å². The number of benzene rings is 1. The minimum atomic E-state index is -0.115. The second-order valence-corrected chi connectivity index (χ2v) is 6.38. The average Bonchev–Trinajstić information content (AvgIpc) is 2.26. The fourth-order valence-corrected chi connectivity index (χ4v) is 2.37. The zero-order valence-corrected chi connectivity index (χ0v) is 12.2. The van der Waals surface area contributed by atoms with Gasteiger partial charge in [0.2, 0.25) is 0 Å². The van der Waals surface area contributed by atoms with Gasteiger partial charge in [-0.3, -0.25) is 0 Å². The molecule has 0 spiro atoms. The van der Waals surface area contributed by atoms with Crippen molar-refractivity contribution >= 4 is 47.8 Å². The Morgan fingerprint density at radius 3 is 2.13 bits per heavy atom. The third-order valence-electron chi connectivity index (χ3n) is 1.90. The van der Waals surface area contributed by atoms with E-state index in [0.717, 1.165) is 11.1 Å². The Hall–Kier alpha value is -0.360. The van der Waals surface area contributed by atoms with Gasteiger partial charge >= 0.3 is 0 Å². The molecule has 0 saturated carbocycles. The van der Waals surface area contributed by atoms with Crippen LogP contribution in [0, 0.1) is 22.7 Å². The maximum Gasteiger partial charge on any atom is 0.0995 e. The van der Waals surface area contributed by atoms with Gasteiger partial charge in [0.1, 0.15) is 0 Å². The molecule has 0 bridgehead atoms. The van der Waals surface area contributed by atoms with Crippen molar-refractivity contribution in [2.75, 3.05) is 0 Å². The van der Waals surface area contributed by atoms with E-state index in [0.29, 0.717) is 16.5 Å². The van der Waals surface area contributed by atoms with E-state index in [1.165, 1.54) is 0 Å². The summed E-state index contributed by atoms with van der Waals surface area (Å²) in [5.41, 5.74) is 2.77. The first-order valence-electron chi connectivity index (χ1n) is 3.95. The smallest absolute Gasteiger partial charge is 0.0995 e. The van der Waals surface area contributed by atoms with Crippen molar-refractivity contribution in [3.05, 3.63) is 34.4 Å². The van der Waals surface area contributed by atoms with Gasteiger partial charge in [-0.2, -0.15) is 10.5 Å². The SMILES string of the molecule is N#Cc1cc(C(Br)Br)c(C#N)cc1CBr. The summed E-state index contributed by atoms with van der Waals surface area (Å²) in [5.74, 6) is 0. The van der Waals surface area contributed by atoms with E-state index < -0.39 is 0 Å². The molecule has 1 aromatic rings. The van der Waals surface area contributed by atoms with Gasteiger partial charge in [0, 0.05) is 5.33 Å². The van der Waals surface area contributed by atoms with Crippen LogP contribution in [-0.2, 0) is 5.33 Å². The van der Waals surface area contributed by atoms with Crippen LogP contribution in [0.2, 0.25) is 0 Å². The molecule has 5 heteroatoms. The Labute approximate surface area is 113 Å². The van der Waals surface area contributed by atoms with E-state index in [-0.39, 0.29) is 3.74 Å². The van der Waals surface area contributed by atoms with E-state index in [1.54, 1.807) is 12.1 Å². The lowest BCUT2D eigenvalue weighted by Crippen LogP contribution is -1.95. The van der Waals surface area contributed by atoms with Crippen molar-refractivity contribution in [1.82, 2.24) is 0 Å². The lowest BCUT2D eigenvalue weighted by molar-refractivity contribution is 1.29. The molecule has 0 saturated heterocycles. The number of halogens is 3. The highest BCUT2D eigenvalue weighted by Gasteiger charge is 2.13. The molecule has 0 fully saturated rings. The van der Waals surface area contributed by atoms with Gasteiger partial charge in [-0.15, -0.1) is 0 Å². The Kier molecular flexibility index (Phi) is 4.79. The highest BCUT2D eigenvalue weighted by Crippen LogP contribution is 2.33. The van der Waals surface area contributed by atoms with Gasteiger partial charge in [0.25, 0.3) is 0 Å². The quantitative estimate of drug-likeness (QED) is 0.711. The van der Waals surface area contributed by atoms with Crippen molar-refractivity contribution in [3.63, 3.8) is 0 Å². The normalized spacial score (nSPS) is 9.73. The molecule has 0 aliphatic carbocycles. The molecule has 1 rings (SSSR count). The van der Waals surface area contributed by atoms with E-state index in [9.17, 15) is 0 Å². The van der Waals surface area contributed by atoms with Crippen molar-refractivity contribution in [3.8, 4) is 12.1 Å². The van der Waals surface area contributed by atoms with Gasteiger partial charge in [-0.1, -0.05) is 47.8 Å². The topological polar surface area (TPSA) is 47.6 Å². The van der Waals surface area contributed by atoms with Gasteiger partial charge in [0.05, 0.1) is 27.0 Å². The Morgan fingerprint density at radius 1 is 1.13 bits per heavy atom. The van der Waals surface area contributed by atoms with Crippen LogP contribution >= 0.6 is 47.8 Å². The molecular formula is C10H5Br3N2. The first kappa shape index (κ1) is 12.7. The highest BCUT2D eigenvalue weighted by molar-refractivity contribution is 9.24. The fourth-order valence-electron chi connectivity index (χ4n) is 1.15. The summed E-state index contributed by atoms with van der Waals surface area (Å²) in [4.78, 5) is 0. The van der Waals surface area contributed by atoms with Gasteiger partial charge in [0.15, 0.2) is 0 Å². The molecule has 0 unspecified atom stereocenters. The van der Waals surface area contributed by atoms with Crippen molar-refractivity contribution in [2.24, 2.45) is 0 Å². The number of hydrogen-bond acceptors (Lipinski definition) is 2. The predicted molar refractivity (Wildman–Crippen MR) is 69.1 cm³/mol. The molecule has 0 aromatic heterocycles. The molecule has 0 radical (unpaired) electrons. The maximum atomic E-state index is 8.96. The summed E-state index contributed by atoms with van der Waals surface area (Å²) in [7, 11) is 0. The average molecular weight is 393 g/mol. The van der Waals surface area contributed by atoms with Crippen LogP contribution in [-0.4, -0.2) is 0 Å². The second-order valence-electron chi connectivity index (χ2n) is 2.75. The van der Waals surface area contributed by atoms with Crippen LogP contribution in [0.5, 0.6) is 0 Å². The molecule has 0 aliphatic heterocycles. The molecule has 0 N–H and O–H groups in total.